The van der Waals surface area contributed by atoms with Gasteiger partial charge in [0, 0.05) is 24.7 Å². The molecule has 1 aliphatic heterocycles. The van der Waals surface area contributed by atoms with Crippen molar-refractivity contribution in [3.8, 4) is 5.75 Å². The largest absolute Gasteiger partial charge is 0.508 e. The molecule has 3 rings (SSSR count). The molecule has 1 aromatic heterocycles. The van der Waals surface area contributed by atoms with Crippen molar-refractivity contribution in [2.75, 3.05) is 31.1 Å². The molecule has 21 heavy (non-hydrogen) atoms. The molecule has 4 nitrogen and oxygen atoms in total. The van der Waals surface area contributed by atoms with Crippen LogP contribution in [-0.4, -0.2) is 36.3 Å². The number of aromatic hydroxyl groups is 1. The fourth-order valence-electron chi connectivity index (χ4n) is 3.17. The number of nitrogens with zero attached hydrogens (tertiary/aromatic N) is 2. The minimum Gasteiger partial charge on any atom is -0.508 e. The second kappa shape index (κ2) is 6.31. The third-order valence-electron chi connectivity index (χ3n) is 4.23. The van der Waals surface area contributed by atoms with E-state index in [-0.39, 0.29) is 0 Å². The predicted octanol–water partition coefficient (Wildman–Crippen LogP) is 2.77. The predicted molar refractivity (Wildman–Crippen MR) is 86.9 cm³/mol. The number of benzene rings is 1. The number of hydrogen-bond acceptors (Lipinski definition) is 4. The Balaban J connectivity index is 1.87. The van der Waals surface area contributed by atoms with E-state index >= 15 is 0 Å². The summed E-state index contributed by atoms with van der Waals surface area (Å²) in [6, 6.07) is 7.51. The van der Waals surface area contributed by atoms with E-state index < -0.39 is 0 Å². The highest BCUT2D eigenvalue weighted by atomic mass is 16.3. The fraction of sp³-hybridized carbons (Fsp3) is 0.471. The summed E-state index contributed by atoms with van der Waals surface area (Å²) in [5, 5.41) is 15.4. The first-order valence-electron chi connectivity index (χ1n) is 7.81. The minimum absolute atomic E-state index is 0.304. The first-order chi connectivity index (χ1) is 10.3. The molecule has 2 heterocycles. The number of nitrogens with one attached hydrogen (secondary N) is 1. The molecule has 4 heteroatoms. The van der Waals surface area contributed by atoms with Gasteiger partial charge in [0.1, 0.15) is 11.6 Å². The Morgan fingerprint density at radius 3 is 3.14 bits per heavy atom. The quantitative estimate of drug-likeness (QED) is 0.907. The number of hydrogen-bond donors (Lipinski definition) is 2. The first kappa shape index (κ1) is 14.1. The maximum Gasteiger partial charge on any atom is 0.136 e. The third-order valence-corrected chi connectivity index (χ3v) is 4.23. The van der Waals surface area contributed by atoms with Gasteiger partial charge in [-0.15, -0.1) is 0 Å². The van der Waals surface area contributed by atoms with Crippen molar-refractivity contribution >= 4 is 16.6 Å². The lowest BCUT2D eigenvalue weighted by Crippen LogP contribution is -2.40. The molecule has 1 atom stereocenters. The van der Waals surface area contributed by atoms with Gasteiger partial charge in [-0.2, -0.15) is 0 Å². The van der Waals surface area contributed by atoms with Gasteiger partial charge in [0.25, 0.3) is 0 Å². The van der Waals surface area contributed by atoms with Gasteiger partial charge in [-0.1, -0.05) is 13.0 Å². The summed E-state index contributed by atoms with van der Waals surface area (Å²) < 4.78 is 0. The van der Waals surface area contributed by atoms with E-state index in [1.54, 1.807) is 6.07 Å². The summed E-state index contributed by atoms with van der Waals surface area (Å²) in [6.45, 7) is 6.33. The van der Waals surface area contributed by atoms with Gasteiger partial charge >= 0.3 is 0 Å². The molecule has 0 aliphatic carbocycles. The van der Waals surface area contributed by atoms with E-state index in [0.717, 1.165) is 42.8 Å². The van der Waals surface area contributed by atoms with Crippen molar-refractivity contribution in [2.45, 2.75) is 19.8 Å². The van der Waals surface area contributed by atoms with Crippen molar-refractivity contribution in [2.24, 2.45) is 5.92 Å². The van der Waals surface area contributed by atoms with E-state index in [0.29, 0.717) is 11.7 Å². The number of anilines is 1. The maximum absolute atomic E-state index is 9.76. The Morgan fingerprint density at radius 2 is 2.29 bits per heavy atom. The second-order valence-corrected chi connectivity index (χ2v) is 5.80. The molecule has 1 saturated heterocycles. The van der Waals surface area contributed by atoms with E-state index in [9.17, 15) is 5.11 Å². The van der Waals surface area contributed by atoms with E-state index in [1.165, 1.54) is 12.8 Å². The standard InChI is InChI=1S/C17H23N3O/c1-2-18-11-13-4-3-9-20(12-13)17-16-10-15(21)6-5-14(16)7-8-19-17/h5-8,10,13,18,21H,2-4,9,11-12H2,1H3. The van der Waals surface area contributed by atoms with Gasteiger partial charge in [-0.05, 0) is 55.4 Å². The number of aromatic nitrogens is 1. The zero-order valence-corrected chi connectivity index (χ0v) is 12.5. The Labute approximate surface area is 125 Å². The van der Waals surface area contributed by atoms with Crippen LogP contribution in [0.5, 0.6) is 5.75 Å². The number of fused-ring (bicyclic) bond motifs is 1. The van der Waals surface area contributed by atoms with Crippen molar-refractivity contribution in [1.82, 2.24) is 10.3 Å². The number of rotatable bonds is 4. The van der Waals surface area contributed by atoms with Gasteiger partial charge in [-0.3, -0.25) is 0 Å². The third kappa shape index (κ3) is 3.10. The lowest BCUT2D eigenvalue weighted by molar-refractivity contribution is 0.394. The zero-order chi connectivity index (χ0) is 14.7. The number of phenolic OH excluding ortho intramolecular Hbond substituents is 1. The molecule has 0 radical (unpaired) electrons. The van der Waals surface area contributed by atoms with Crippen LogP contribution in [-0.2, 0) is 0 Å². The highest BCUT2D eigenvalue weighted by Gasteiger charge is 2.21. The summed E-state index contributed by atoms with van der Waals surface area (Å²) >= 11 is 0. The Hall–Kier alpha value is -1.81. The SMILES string of the molecule is CCNCC1CCCN(c2nccc3ccc(O)cc23)C1. The molecule has 112 valence electrons. The summed E-state index contributed by atoms with van der Waals surface area (Å²) in [5.41, 5.74) is 0. The van der Waals surface area contributed by atoms with Crippen LogP contribution in [0, 0.1) is 5.92 Å². The van der Waals surface area contributed by atoms with Crippen molar-refractivity contribution in [3.05, 3.63) is 30.5 Å². The molecule has 0 amide bonds. The molecule has 1 unspecified atom stereocenters. The second-order valence-electron chi connectivity index (χ2n) is 5.80. The van der Waals surface area contributed by atoms with Gasteiger partial charge in [-0.25, -0.2) is 4.98 Å². The minimum atomic E-state index is 0.304. The van der Waals surface area contributed by atoms with E-state index in [2.05, 4.69) is 22.1 Å². The van der Waals surface area contributed by atoms with Crippen molar-refractivity contribution in [3.63, 3.8) is 0 Å². The summed E-state index contributed by atoms with van der Waals surface area (Å²) in [5.74, 6) is 1.98. The van der Waals surface area contributed by atoms with Crippen LogP contribution < -0.4 is 10.2 Å². The van der Waals surface area contributed by atoms with Crippen LogP contribution in [0.1, 0.15) is 19.8 Å². The Morgan fingerprint density at radius 1 is 1.38 bits per heavy atom. The highest BCUT2D eigenvalue weighted by Crippen LogP contribution is 2.30. The average Bonchev–Trinajstić information content (AvgIpc) is 2.52. The van der Waals surface area contributed by atoms with Crippen LogP contribution in [0.15, 0.2) is 30.5 Å². The lowest BCUT2D eigenvalue weighted by atomic mass is 9.97. The summed E-state index contributed by atoms with van der Waals surface area (Å²) in [6.07, 6.45) is 4.34. The fourth-order valence-corrected chi connectivity index (χ4v) is 3.17. The first-order valence-corrected chi connectivity index (χ1v) is 7.81. The van der Waals surface area contributed by atoms with Crippen molar-refractivity contribution < 1.29 is 5.11 Å². The lowest BCUT2D eigenvalue weighted by Gasteiger charge is -2.34. The Bertz CT molecular complexity index is 614. The number of piperidine rings is 1. The molecule has 2 N–H and O–H groups in total. The Kier molecular flexibility index (Phi) is 4.25. The average molecular weight is 285 g/mol. The van der Waals surface area contributed by atoms with Crippen LogP contribution in [0.3, 0.4) is 0 Å². The van der Waals surface area contributed by atoms with Crippen molar-refractivity contribution in [1.29, 1.82) is 0 Å². The molecule has 0 spiro atoms. The number of phenols is 1. The molecular weight excluding hydrogens is 262 g/mol. The molecule has 1 fully saturated rings. The van der Waals surface area contributed by atoms with E-state index in [4.69, 9.17) is 0 Å². The topological polar surface area (TPSA) is 48.4 Å². The van der Waals surface area contributed by atoms with Crippen LogP contribution in [0.4, 0.5) is 5.82 Å². The highest BCUT2D eigenvalue weighted by molar-refractivity contribution is 5.93. The van der Waals surface area contributed by atoms with Gasteiger partial charge < -0.3 is 15.3 Å². The zero-order valence-electron chi connectivity index (χ0n) is 12.5. The summed E-state index contributed by atoms with van der Waals surface area (Å²) in [4.78, 5) is 6.95. The molecule has 0 saturated carbocycles. The normalized spacial score (nSPS) is 19.1. The van der Waals surface area contributed by atoms with E-state index in [1.807, 2.05) is 24.4 Å². The number of pyridine rings is 1. The van der Waals surface area contributed by atoms with Crippen LogP contribution in [0.2, 0.25) is 0 Å². The maximum atomic E-state index is 9.76. The van der Waals surface area contributed by atoms with Gasteiger partial charge in [0.15, 0.2) is 0 Å². The van der Waals surface area contributed by atoms with Gasteiger partial charge in [0.2, 0.25) is 0 Å². The molecule has 2 aromatic rings. The van der Waals surface area contributed by atoms with Gasteiger partial charge in [0.05, 0.1) is 0 Å². The summed E-state index contributed by atoms with van der Waals surface area (Å²) in [7, 11) is 0. The molecular formula is C17H23N3O. The molecule has 0 bridgehead atoms. The smallest absolute Gasteiger partial charge is 0.136 e. The molecule has 1 aromatic carbocycles. The van der Waals surface area contributed by atoms with Crippen LogP contribution in [0.25, 0.3) is 10.8 Å². The monoisotopic (exact) mass is 285 g/mol. The van der Waals surface area contributed by atoms with Crippen LogP contribution >= 0.6 is 0 Å². The molecule has 1 aliphatic rings.